The van der Waals surface area contributed by atoms with Gasteiger partial charge in [0, 0.05) is 44.4 Å². The van der Waals surface area contributed by atoms with Gasteiger partial charge < -0.3 is 10.4 Å². The van der Waals surface area contributed by atoms with Crippen LogP contribution in [0, 0.1) is 5.82 Å². The minimum atomic E-state index is -4.68. The van der Waals surface area contributed by atoms with Gasteiger partial charge in [-0.3, -0.25) is 4.90 Å². The summed E-state index contributed by atoms with van der Waals surface area (Å²) in [4.78, 5) is 1.75. The molecule has 1 heterocycles. The highest BCUT2D eigenvalue weighted by atomic mass is 35.5. The quantitative estimate of drug-likeness (QED) is 0.827. The van der Waals surface area contributed by atoms with Crippen molar-refractivity contribution in [2.75, 3.05) is 32.8 Å². The minimum absolute atomic E-state index is 0.0142. The van der Waals surface area contributed by atoms with Gasteiger partial charge in [-0.1, -0.05) is 11.6 Å². The molecule has 0 bridgehead atoms. The van der Waals surface area contributed by atoms with Gasteiger partial charge >= 0.3 is 6.18 Å². The van der Waals surface area contributed by atoms with Crippen molar-refractivity contribution in [3.05, 3.63) is 34.1 Å². The van der Waals surface area contributed by atoms with Crippen LogP contribution in [0.15, 0.2) is 12.1 Å². The molecule has 0 aliphatic carbocycles. The summed E-state index contributed by atoms with van der Waals surface area (Å²) >= 11 is 5.68. The lowest BCUT2D eigenvalue weighted by Crippen LogP contribution is -2.46. The first-order valence-electron chi connectivity index (χ1n) is 6.97. The molecule has 0 saturated carbocycles. The van der Waals surface area contributed by atoms with Crippen LogP contribution in [-0.4, -0.2) is 42.8 Å². The lowest BCUT2D eigenvalue weighted by atomic mass is 9.95. The Balaban J connectivity index is 2.51. The van der Waals surface area contributed by atoms with E-state index in [9.17, 15) is 22.7 Å². The first-order chi connectivity index (χ1) is 10.4. The van der Waals surface area contributed by atoms with E-state index >= 15 is 0 Å². The molecule has 3 nitrogen and oxygen atoms in total. The Hall–Kier alpha value is -0.890. The molecule has 2 rings (SSSR count). The number of aliphatic hydroxyl groups is 1. The van der Waals surface area contributed by atoms with Gasteiger partial charge in [0.2, 0.25) is 0 Å². The molecule has 0 unspecified atom stereocenters. The number of halogens is 5. The molecule has 2 N–H and O–H groups in total. The lowest BCUT2D eigenvalue weighted by molar-refractivity contribution is -0.139. The number of aliphatic hydroxyl groups excluding tert-OH is 1. The second-order valence-corrected chi connectivity index (χ2v) is 5.54. The van der Waals surface area contributed by atoms with Crippen molar-refractivity contribution >= 4 is 11.6 Å². The van der Waals surface area contributed by atoms with Gasteiger partial charge in [0.1, 0.15) is 5.82 Å². The lowest BCUT2D eigenvalue weighted by Gasteiger charge is -2.36. The van der Waals surface area contributed by atoms with E-state index in [1.165, 1.54) is 0 Å². The van der Waals surface area contributed by atoms with E-state index in [2.05, 4.69) is 5.32 Å². The Morgan fingerprint density at radius 3 is 2.45 bits per heavy atom. The fraction of sp³-hybridized carbons (Fsp3) is 0.571. The number of nitrogens with zero attached hydrogens (tertiary/aromatic N) is 1. The Morgan fingerprint density at radius 2 is 1.91 bits per heavy atom. The number of piperazine rings is 1. The van der Waals surface area contributed by atoms with Crippen LogP contribution in [0.4, 0.5) is 17.6 Å². The molecular weight excluding hydrogens is 324 g/mol. The highest BCUT2D eigenvalue weighted by molar-refractivity contribution is 6.30. The SMILES string of the molecule is OCC[C@@H](c1c(C(F)(F)F)ccc(Cl)c1F)N1CCNCC1. The van der Waals surface area contributed by atoms with Gasteiger partial charge in [0.05, 0.1) is 10.6 Å². The summed E-state index contributed by atoms with van der Waals surface area (Å²) in [6.45, 7) is 1.83. The van der Waals surface area contributed by atoms with E-state index in [0.717, 1.165) is 12.1 Å². The van der Waals surface area contributed by atoms with Crippen molar-refractivity contribution in [1.29, 1.82) is 0 Å². The summed E-state index contributed by atoms with van der Waals surface area (Å²) in [6, 6.07) is 0.854. The number of hydrogen-bond donors (Lipinski definition) is 2. The van der Waals surface area contributed by atoms with E-state index in [-0.39, 0.29) is 18.1 Å². The highest BCUT2D eigenvalue weighted by Crippen LogP contribution is 2.40. The number of benzene rings is 1. The minimum Gasteiger partial charge on any atom is -0.396 e. The zero-order chi connectivity index (χ0) is 16.3. The van der Waals surface area contributed by atoms with E-state index in [1.54, 1.807) is 4.90 Å². The monoisotopic (exact) mass is 340 g/mol. The van der Waals surface area contributed by atoms with Crippen LogP contribution < -0.4 is 5.32 Å². The summed E-state index contributed by atoms with van der Waals surface area (Å²) in [5.41, 5.74) is -1.51. The van der Waals surface area contributed by atoms with Crippen LogP contribution in [0.25, 0.3) is 0 Å². The van der Waals surface area contributed by atoms with Crippen LogP contribution in [0.3, 0.4) is 0 Å². The van der Waals surface area contributed by atoms with Crippen molar-refractivity contribution < 1.29 is 22.7 Å². The fourth-order valence-electron chi connectivity index (χ4n) is 2.76. The van der Waals surface area contributed by atoms with Crippen LogP contribution in [0.1, 0.15) is 23.6 Å². The van der Waals surface area contributed by atoms with Gasteiger partial charge in [-0.2, -0.15) is 13.2 Å². The van der Waals surface area contributed by atoms with Gasteiger partial charge in [-0.25, -0.2) is 4.39 Å². The average Bonchev–Trinajstić information content (AvgIpc) is 2.47. The average molecular weight is 341 g/mol. The molecule has 1 fully saturated rings. The van der Waals surface area contributed by atoms with Crippen LogP contribution in [0.2, 0.25) is 5.02 Å². The third-order valence-electron chi connectivity index (χ3n) is 3.77. The van der Waals surface area contributed by atoms with Gasteiger partial charge in [0.15, 0.2) is 0 Å². The summed E-state index contributed by atoms with van der Waals surface area (Å²) in [6.07, 6.45) is -4.66. The maximum absolute atomic E-state index is 14.4. The number of rotatable bonds is 4. The van der Waals surface area contributed by atoms with Crippen LogP contribution in [-0.2, 0) is 6.18 Å². The first kappa shape index (κ1) is 17.5. The van der Waals surface area contributed by atoms with Crippen molar-refractivity contribution in [3.8, 4) is 0 Å². The molecule has 0 amide bonds. The van der Waals surface area contributed by atoms with E-state index in [0.29, 0.717) is 26.2 Å². The van der Waals surface area contributed by atoms with Gasteiger partial charge in [-0.15, -0.1) is 0 Å². The molecule has 1 aliphatic rings. The standard InChI is InChI=1S/C14H17ClF4N2O/c15-10-2-1-9(14(17,18)19)12(13(10)16)11(3-8-22)21-6-4-20-5-7-21/h1-2,11,20,22H,3-8H2/t11-/m0/s1. The zero-order valence-electron chi connectivity index (χ0n) is 11.8. The fourth-order valence-corrected chi connectivity index (χ4v) is 2.93. The number of nitrogens with one attached hydrogen (secondary N) is 1. The third kappa shape index (κ3) is 3.71. The molecule has 22 heavy (non-hydrogen) atoms. The van der Waals surface area contributed by atoms with E-state index in [1.807, 2.05) is 0 Å². The number of alkyl halides is 3. The highest BCUT2D eigenvalue weighted by Gasteiger charge is 2.39. The maximum Gasteiger partial charge on any atom is 0.416 e. The molecule has 1 aromatic rings. The summed E-state index contributed by atoms with van der Waals surface area (Å²) in [5, 5.41) is 11.9. The molecule has 0 radical (unpaired) electrons. The predicted octanol–water partition coefficient (Wildman–Crippen LogP) is 2.83. The van der Waals surface area contributed by atoms with E-state index in [4.69, 9.17) is 11.6 Å². The topological polar surface area (TPSA) is 35.5 Å². The number of hydrogen-bond acceptors (Lipinski definition) is 3. The van der Waals surface area contributed by atoms with E-state index < -0.39 is 29.2 Å². The molecule has 8 heteroatoms. The smallest absolute Gasteiger partial charge is 0.396 e. The Labute approximate surface area is 130 Å². The van der Waals surface area contributed by atoms with Crippen molar-refractivity contribution in [1.82, 2.24) is 10.2 Å². The summed E-state index contributed by atoms with van der Waals surface area (Å²) < 4.78 is 54.0. The first-order valence-corrected chi connectivity index (χ1v) is 7.34. The second kappa shape index (κ2) is 7.12. The molecule has 0 spiro atoms. The molecule has 1 aromatic carbocycles. The Bertz CT molecular complexity index is 518. The van der Waals surface area contributed by atoms with Crippen LogP contribution in [0.5, 0.6) is 0 Å². The molecule has 1 aliphatic heterocycles. The normalized spacial score (nSPS) is 18.5. The van der Waals surface area contributed by atoms with Crippen molar-refractivity contribution in [3.63, 3.8) is 0 Å². The Kier molecular flexibility index (Phi) is 5.65. The van der Waals surface area contributed by atoms with Gasteiger partial charge in [0.25, 0.3) is 0 Å². The molecule has 124 valence electrons. The molecule has 0 aromatic heterocycles. The van der Waals surface area contributed by atoms with Gasteiger partial charge in [-0.05, 0) is 18.6 Å². The largest absolute Gasteiger partial charge is 0.416 e. The zero-order valence-corrected chi connectivity index (χ0v) is 12.5. The molecule has 1 saturated heterocycles. The van der Waals surface area contributed by atoms with Crippen molar-refractivity contribution in [2.24, 2.45) is 0 Å². The van der Waals surface area contributed by atoms with Crippen LogP contribution >= 0.6 is 11.6 Å². The molecule has 1 atom stereocenters. The summed E-state index contributed by atoms with van der Waals surface area (Å²) in [7, 11) is 0. The predicted molar refractivity (Wildman–Crippen MR) is 75.3 cm³/mol. The Morgan fingerprint density at radius 1 is 1.27 bits per heavy atom. The third-order valence-corrected chi connectivity index (χ3v) is 4.06. The molecular formula is C14H17ClF4N2O. The maximum atomic E-state index is 14.4. The van der Waals surface area contributed by atoms with Crippen molar-refractivity contribution in [2.45, 2.75) is 18.6 Å². The summed E-state index contributed by atoms with van der Waals surface area (Å²) in [5.74, 6) is -1.06. The second-order valence-electron chi connectivity index (χ2n) is 5.13.